The van der Waals surface area contributed by atoms with E-state index in [2.05, 4.69) is 0 Å². The average Bonchev–Trinajstić information content (AvgIpc) is 2.64. The fourth-order valence-corrected chi connectivity index (χ4v) is 2.96. The van der Waals surface area contributed by atoms with Crippen molar-refractivity contribution in [3.8, 4) is 22.3 Å². The molecule has 0 saturated carbocycles. The molecule has 0 aliphatic heterocycles. The molecule has 0 spiro atoms. The van der Waals surface area contributed by atoms with Crippen molar-refractivity contribution >= 4 is 11.8 Å². The molecule has 25 heavy (non-hydrogen) atoms. The van der Waals surface area contributed by atoms with Crippen LogP contribution in [-0.4, -0.2) is 6.26 Å². The Morgan fingerprint density at radius 1 is 0.560 bits per heavy atom. The lowest BCUT2D eigenvalue weighted by atomic mass is 9.93. The molecule has 6 heteroatoms. The first kappa shape index (κ1) is 17.5. The zero-order valence-corrected chi connectivity index (χ0v) is 13.7. The van der Waals surface area contributed by atoms with Crippen molar-refractivity contribution in [1.82, 2.24) is 0 Å². The highest BCUT2D eigenvalue weighted by Gasteiger charge is 2.27. The summed E-state index contributed by atoms with van der Waals surface area (Å²) in [6.07, 6.45) is 1.84. The molecule has 0 N–H and O–H groups in total. The highest BCUT2D eigenvalue weighted by molar-refractivity contribution is 7.98. The molecule has 0 atom stereocenters. The molecule has 0 amide bonds. The topological polar surface area (TPSA) is 0 Å². The number of benzene rings is 3. The smallest absolute Gasteiger partial charge is 0.198 e. The average molecular weight is 366 g/mol. The summed E-state index contributed by atoms with van der Waals surface area (Å²) >= 11 is 1.44. The van der Waals surface area contributed by atoms with Gasteiger partial charge in [0.25, 0.3) is 0 Å². The van der Waals surface area contributed by atoms with E-state index in [1.165, 1.54) is 36.0 Å². The first-order chi connectivity index (χ1) is 11.9. The van der Waals surface area contributed by atoms with Crippen LogP contribution in [0.2, 0.25) is 0 Å². The molecule has 0 heterocycles. The summed E-state index contributed by atoms with van der Waals surface area (Å²) in [4.78, 5) is 0.871. The number of rotatable bonds is 3. The van der Waals surface area contributed by atoms with Crippen LogP contribution in [0.5, 0.6) is 0 Å². The van der Waals surface area contributed by atoms with Crippen LogP contribution in [0.1, 0.15) is 0 Å². The Labute approximate surface area is 145 Å². The first-order valence-corrected chi connectivity index (χ1v) is 8.42. The maximum Gasteiger partial charge on any atom is 0.198 e. The van der Waals surface area contributed by atoms with Crippen molar-refractivity contribution in [1.29, 1.82) is 0 Å². The summed E-state index contributed by atoms with van der Waals surface area (Å²) in [7, 11) is 0. The summed E-state index contributed by atoms with van der Waals surface area (Å²) < 4.78 is 69.6. The van der Waals surface area contributed by atoms with E-state index in [1.807, 2.05) is 6.26 Å². The lowest BCUT2D eigenvalue weighted by Crippen LogP contribution is -2.03. The molecule has 0 bridgehead atoms. The zero-order valence-electron chi connectivity index (χ0n) is 12.9. The van der Waals surface area contributed by atoms with Gasteiger partial charge in [0.1, 0.15) is 5.82 Å². The summed E-state index contributed by atoms with van der Waals surface area (Å²) in [5.74, 6) is -7.38. The standard InChI is InChI=1S/C19H11F5S/c1-25-13-8-4-11(5-9-13)15-14(10-2-6-12(20)7-3-10)16(21)18(23)19(24)17(15)22/h2-9H,1H3. The molecule has 0 fully saturated rings. The predicted molar refractivity (Wildman–Crippen MR) is 88.9 cm³/mol. The summed E-state index contributed by atoms with van der Waals surface area (Å²) in [5.41, 5.74) is -0.628. The molecular formula is C19H11F5S. The largest absolute Gasteiger partial charge is 0.207 e. The normalized spacial score (nSPS) is 11.0. The van der Waals surface area contributed by atoms with Gasteiger partial charge in [-0.3, -0.25) is 0 Å². The molecule has 3 rings (SSSR count). The van der Waals surface area contributed by atoms with Crippen molar-refractivity contribution in [2.24, 2.45) is 0 Å². The second kappa shape index (κ2) is 6.88. The van der Waals surface area contributed by atoms with E-state index >= 15 is 0 Å². The maximum absolute atomic E-state index is 14.5. The fourth-order valence-electron chi connectivity index (χ4n) is 2.55. The van der Waals surface area contributed by atoms with Gasteiger partial charge < -0.3 is 0 Å². The van der Waals surface area contributed by atoms with E-state index in [4.69, 9.17) is 0 Å². The van der Waals surface area contributed by atoms with Gasteiger partial charge in [-0.25, -0.2) is 22.0 Å². The first-order valence-electron chi connectivity index (χ1n) is 7.20. The number of hydrogen-bond donors (Lipinski definition) is 0. The molecular weight excluding hydrogens is 355 g/mol. The molecule has 0 radical (unpaired) electrons. The SMILES string of the molecule is CSc1ccc(-c2c(F)c(F)c(F)c(F)c2-c2ccc(F)cc2)cc1. The van der Waals surface area contributed by atoms with E-state index < -0.39 is 40.2 Å². The second-order valence-corrected chi connectivity index (χ2v) is 6.12. The molecule has 3 aromatic carbocycles. The van der Waals surface area contributed by atoms with Crippen LogP contribution in [-0.2, 0) is 0 Å². The van der Waals surface area contributed by atoms with E-state index in [-0.39, 0.29) is 11.1 Å². The summed E-state index contributed by atoms with van der Waals surface area (Å²) in [6.45, 7) is 0. The van der Waals surface area contributed by atoms with Gasteiger partial charge in [-0.05, 0) is 41.6 Å². The highest BCUT2D eigenvalue weighted by atomic mass is 32.2. The van der Waals surface area contributed by atoms with Crippen LogP contribution in [0.3, 0.4) is 0 Å². The highest BCUT2D eigenvalue weighted by Crippen LogP contribution is 2.39. The zero-order chi connectivity index (χ0) is 18.1. The van der Waals surface area contributed by atoms with Crippen LogP contribution >= 0.6 is 11.8 Å². The lowest BCUT2D eigenvalue weighted by Gasteiger charge is -2.14. The molecule has 3 aromatic rings. The van der Waals surface area contributed by atoms with E-state index in [0.29, 0.717) is 0 Å². The third-order valence-electron chi connectivity index (χ3n) is 3.78. The quantitative estimate of drug-likeness (QED) is 0.222. The third-order valence-corrected chi connectivity index (χ3v) is 4.52. The van der Waals surface area contributed by atoms with Gasteiger partial charge in [0.2, 0.25) is 0 Å². The minimum absolute atomic E-state index is 0.0423. The number of hydrogen-bond acceptors (Lipinski definition) is 1. The van der Waals surface area contributed by atoms with Gasteiger partial charge >= 0.3 is 0 Å². The van der Waals surface area contributed by atoms with Gasteiger partial charge in [0.15, 0.2) is 23.3 Å². The Hall–Kier alpha value is -2.34. The Bertz CT molecular complexity index is 918. The van der Waals surface area contributed by atoms with Gasteiger partial charge in [-0.2, -0.15) is 0 Å². The number of thioether (sulfide) groups is 1. The Morgan fingerprint density at radius 3 is 1.36 bits per heavy atom. The second-order valence-electron chi connectivity index (χ2n) is 5.24. The van der Waals surface area contributed by atoms with Crippen molar-refractivity contribution in [2.45, 2.75) is 4.90 Å². The summed E-state index contributed by atoms with van der Waals surface area (Å²) in [6, 6.07) is 10.7. The Balaban J connectivity index is 2.33. The monoisotopic (exact) mass is 366 g/mol. The van der Waals surface area contributed by atoms with E-state index in [0.717, 1.165) is 17.0 Å². The third kappa shape index (κ3) is 3.14. The van der Waals surface area contributed by atoms with Crippen LogP contribution in [0.25, 0.3) is 22.3 Å². The van der Waals surface area contributed by atoms with Crippen molar-refractivity contribution < 1.29 is 22.0 Å². The minimum atomic E-state index is -1.90. The van der Waals surface area contributed by atoms with E-state index in [9.17, 15) is 22.0 Å². The molecule has 0 aliphatic carbocycles. The van der Waals surface area contributed by atoms with Gasteiger partial charge in [-0.1, -0.05) is 24.3 Å². The Morgan fingerprint density at radius 2 is 0.960 bits per heavy atom. The van der Waals surface area contributed by atoms with Gasteiger partial charge in [-0.15, -0.1) is 11.8 Å². The molecule has 0 saturated heterocycles. The predicted octanol–water partition coefficient (Wildman–Crippen LogP) is 6.44. The van der Waals surface area contributed by atoms with Crippen molar-refractivity contribution in [3.05, 3.63) is 77.6 Å². The minimum Gasteiger partial charge on any atom is -0.207 e. The van der Waals surface area contributed by atoms with Gasteiger partial charge in [0, 0.05) is 16.0 Å². The lowest BCUT2D eigenvalue weighted by molar-refractivity contribution is 0.412. The van der Waals surface area contributed by atoms with Gasteiger partial charge in [0.05, 0.1) is 0 Å². The van der Waals surface area contributed by atoms with Crippen molar-refractivity contribution in [2.75, 3.05) is 6.26 Å². The van der Waals surface area contributed by atoms with Crippen LogP contribution in [0, 0.1) is 29.1 Å². The molecule has 0 nitrogen and oxygen atoms in total. The van der Waals surface area contributed by atoms with Crippen LogP contribution in [0.4, 0.5) is 22.0 Å². The van der Waals surface area contributed by atoms with Crippen molar-refractivity contribution in [3.63, 3.8) is 0 Å². The van der Waals surface area contributed by atoms with Crippen LogP contribution in [0.15, 0.2) is 53.4 Å². The molecule has 128 valence electrons. The molecule has 0 aromatic heterocycles. The van der Waals surface area contributed by atoms with Crippen LogP contribution < -0.4 is 0 Å². The molecule has 0 unspecified atom stereocenters. The molecule has 0 aliphatic rings. The maximum atomic E-state index is 14.5. The summed E-state index contributed by atoms with van der Waals surface area (Å²) in [5, 5.41) is 0. The van der Waals surface area contributed by atoms with E-state index in [1.54, 1.807) is 12.1 Å². The number of halogens is 5. The Kier molecular flexibility index (Phi) is 4.81. The fraction of sp³-hybridized carbons (Fsp3) is 0.0526.